The molecule has 0 atom stereocenters. The summed E-state index contributed by atoms with van der Waals surface area (Å²) >= 11 is 0. The Labute approximate surface area is 120 Å². The lowest BCUT2D eigenvalue weighted by molar-refractivity contribution is -0.123. The number of benzene rings is 1. The zero-order valence-electron chi connectivity index (χ0n) is 12.2. The summed E-state index contributed by atoms with van der Waals surface area (Å²) < 4.78 is 5.35. The number of ether oxygens (including phenoxy) is 1. The van der Waals surface area contributed by atoms with Gasteiger partial charge in [0.1, 0.15) is 11.8 Å². The number of nitrogens with zero attached hydrogens (tertiary/aromatic N) is 1. The van der Waals surface area contributed by atoms with Crippen molar-refractivity contribution in [3.63, 3.8) is 0 Å². The van der Waals surface area contributed by atoms with E-state index in [-0.39, 0.29) is 12.5 Å². The van der Waals surface area contributed by atoms with Crippen LogP contribution in [0.1, 0.15) is 38.7 Å². The minimum absolute atomic E-state index is 0.0527. The molecule has 1 aromatic rings. The van der Waals surface area contributed by atoms with Gasteiger partial charge in [-0.05, 0) is 24.5 Å². The van der Waals surface area contributed by atoms with E-state index >= 15 is 0 Å². The van der Waals surface area contributed by atoms with E-state index < -0.39 is 0 Å². The van der Waals surface area contributed by atoms with Gasteiger partial charge in [-0.15, -0.1) is 0 Å². The van der Waals surface area contributed by atoms with E-state index in [2.05, 4.69) is 19.2 Å². The number of nitrogens with one attached hydrogen (secondary N) is 1. The zero-order chi connectivity index (χ0) is 14.8. The molecule has 1 aromatic carbocycles. The fraction of sp³-hybridized carbons (Fsp3) is 0.500. The largest absolute Gasteiger partial charge is 0.482 e. The van der Waals surface area contributed by atoms with Gasteiger partial charge in [-0.3, -0.25) is 4.79 Å². The fourth-order valence-corrected chi connectivity index (χ4v) is 1.78. The molecule has 0 aliphatic carbocycles. The predicted octanol–water partition coefficient (Wildman–Crippen LogP) is 2.88. The third-order valence-electron chi connectivity index (χ3n) is 2.90. The second-order valence-corrected chi connectivity index (χ2v) is 5.14. The van der Waals surface area contributed by atoms with Gasteiger partial charge in [-0.1, -0.05) is 38.8 Å². The van der Waals surface area contributed by atoms with Crippen LogP contribution < -0.4 is 10.1 Å². The van der Waals surface area contributed by atoms with Crippen LogP contribution in [0.25, 0.3) is 0 Å². The molecule has 0 bridgehead atoms. The van der Waals surface area contributed by atoms with E-state index in [4.69, 9.17) is 10.00 Å². The first-order valence-corrected chi connectivity index (χ1v) is 7.02. The maximum atomic E-state index is 11.6. The van der Waals surface area contributed by atoms with Gasteiger partial charge in [-0.2, -0.15) is 5.26 Å². The molecule has 0 saturated heterocycles. The van der Waals surface area contributed by atoms with Gasteiger partial charge in [0, 0.05) is 6.54 Å². The molecule has 0 spiro atoms. The van der Waals surface area contributed by atoms with E-state index in [1.165, 1.54) is 6.42 Å². The van der Waals surface area contributed by atoms with Gasteiger partial charge in [-0.25, -0.2) is 0 Å². The average molecular weight is 274 g/mol. The SMILES string of the molecule is CC(C)CCCCNC(=O)COc1ccccc1C#N. The Morgan fingerprint density at radius 1 is 1.35 bits per heavy atom. The van der Waals surface area contributed by atoms with Crippen LogP contribution in [0, 0.1) is 17.2 Å². The standard InChI is InChI=1S/C16H22N2O2/c1-13(2)7-5-6-10-18-16(19)12-20-15-9-4-3-8-14(15)11-17/h3-4,8-9,13H,5-7,10,12H2,1-2H3,(H,18,19). The van der Waals surface area contributed by atoms with Gasteiger partial charge in [0.15, 0.2) is 6.61 Å². The molecule has 0 radical (unpaired) electrons. The molecule has 4 heteroatoms. The molecule has 0 aliphatic rings. The van der Waals surface area contributed by atoms with E-state index in [1.54, 1.807) is 24.3 Å². The number of para-hydroxylation sites is 1. The number of nitriles is 1. The topological polar surface area (TPSA) is 62.1 Å². The molecule has 0 aliphatic heterocycles. The summed E-state index contributed by atoms with van der Waals surface area (Å²) in [6.45, 7) is 5.01. The van der Waals surface area contributed by atoms with Crippen LogP contribution in [-0.2, 0) is 4.79 Å². The summed E-state index contributed by atoms with van der Waals surface area (Å²) in [6, 6.07) is 8.93. The minimum Gasteiger partial charge on any atom is -0.482 e. The van der Waals surface area contributed by atoms with Crippen molar-refractivity contribution < 1.29 is 9.53 Å². The number of carbonyl (C=O) groups excluding carboxylic acids is 1. The molecule has 1 rings (SSSR count). The average Bonchev–Trinajstić information content (AvgIpc) is 2.44. The maximum absolute atomic E-state index is 11.6. The molecule has 108 valence electrons. The third kappa shape index (κ3) is 6.24. The Balaban J connectivity index is 2.22. The lowest BCUT2D eigenvalue weighted by Crippen LogP contribution is -2.29. The van der Waals surface area contributed by atoms with Crippen molar-refractivity contribution in [1.29, 1.82) is 5.26 Å². The summed E-state index contributed by atoms with van der Waals surface area (Å²) in [4.78, 5) is 11.6. The normalized spacial score (nSPS) is 10.1. The van der Waals surface area contributed by atoms with Crippen molar-refractivity contribution in [2.24, 2.45) is 5.92 Å². The summed E-state index contributed by atoms with van der Waals surface area (Å²) in [7, 11) is 0. The van der Waals surface area contributed by atoms with Crippen molar-refractivity contribution in [1.82, 2.24) is 5.32 Å². The van der Waals surface area contributed by atoms with Crippen LogP contribution in [-0.4, -0.2) is 19.1 Å². The van der Waals surface area contributed by atoms with Crippen LogP contribution in [0.15, 0.2) is 24.3 Å². The Hall–Kier alpha value is -2.02. The zero-order valence-corrected chi connectivity index (χ0v) is 12.2. The Bertz CT molecular complexity index is 464. The Morgan fingerprint density at radius 3 is 2.80 bits per heavy atom. The number of unbranched alkanes of at least 4 members (excludes halogenated alkanes) is 1. The van der Waals surface area contributed by atoms with Crippen molar-refractivity contribution in [3.05, 3.63) is 29.8 Å². The number of amides is 1. The molecule has 1 N–H and O–H groups in total. The number of hydrogen-bond donors (Lipinski definition) is 1. The number of hydrogen-bond acceptors (Lipinski definition) is 3. The van der Waals surface area contributed by atoms with E-state index in [1.807, 2.05) is 6.07 Å². The van der Waals surface area contributed by atoms with Gasteiger partial charge < -0.3 is 10.1 Å². The molecule has 0 heterocycles. The van der Waals surface area contributed by atoms with Crippen LogP contribution in [0.5, 0.6) is 5.75 Å². The van der Waals surface area contributed by atoms with Crippen molar-refractivity contribution in [2.45, 2.75) is 33.1 Å². The summed E-state index contributed by atoms with van der Waals surface area (Å²) in [6.07, 6.45) is 3.29. The minimum atomic E-state index is -0.151. The molecule has 0 fully saturated rings. The van der Waals surface area contributed by atoms with Crippen molar-refractivity contribution >= 4 is 5.91 Å². The Morgan fingerprint density at radius 2 is 2.10 bits per heavy atom. The molecular formula is C16H22N2O2. The van der Waals surface area contributed by atoms with Crippen LogP contribution in [0.2, 0.25) is 0 Å². The summed E-state index contributed by atoms with van der Waals surface area (Å²) in [5.74, 6) is 1.00. The summed E-state index contributed by atoms with van der Waals surface area (Å²) in [5, 5.41) is 11.7. The quantitative estimate of drug-likeness (QED) is 0.741. The predicted molar refractivity (Wildman–Crippen MR) is 78.4 cm³/mol. The molecule has 20 heavy (non-hydrogen) atoms. The molecule has 0 unspecified atom stereocenters. The van der Waals surface area contributed by atoms with Gasteiger partial charge in [0.25, 0.3) is 5.91 Å². The highest BCUT2D eigenvalue weighted by molar-refractivity contribution is 5.77. The van der Waals surface area contributed by atoms with E-state index in [0.717, 1.165) is 12.8 Å². The second-order valence-electron chi connectivity index (χ2n) is 5.14. The van der Waals surface area contributed by atoms with Crippen LogP contribution in [0.4, 0.5) is 0 Å². The highest BCUT2D eigenvalue weighted by Gasteiger charge is 2.05. The third-order valence-corrected chi connectivity index (χ3v) is 2.90. The lowest BCUT2D eigenvalue weighted by Gasteiger charge is -2.09. The second kappa shape index (κ2) is 8.98. The Kier molecular flexibility index (Phi) is 7.20. The highest BCUT2D eigenvalue weighted by atomic mass is 16.5. The van der Waals surface area contributed by atoms with Gasteiger partial charge in [0.2, 0.25) is 0 Å². The monoisotopic (exact) mass is 274 g/mol. The molecule has 1 amide bonds. The smallest absolute Gasteiger partial charge is 0.257 e. The van der Waals surface area contributed by atoms with Gasteiger partial charge in [0.05, 0.1) is 5.56 Å². The molecule has 4 nitrogen and oxygen atoms in total. The highest BCUT2D eigenvalue weighted by Crippen LogP contribution is 2.16. The number of rotatable bonds is 8. The van der Waals surface area contributed by atoms with Crippen LogP contribution in [0.3, 0.4) is 0 Å². The van der Waals surface area contributed by atoms with Gasteiger partial charge >= 0.3 is 0 Å². The van der Waals surface area contributed by atoms with E-state index in [0.29, 0.717) is 23.8 Å². The number of carbonyl (C=O) groups is 1. The van der Waals surface area contributed by atoms with Crippen LogP contribution >= 0.6 is 0 Å². The first-order valence-electron chi connectivity index (χ1n) is 7.02. The molecule has 0 saturated carbocycles. The maximum Gasteiger partial charge on any atom is 0.257 e. The van der Waals surface area contributed by atoms with Crippen molar-refractivity contribution in [2.75, 3.05) is 13.2 Å². The molecule has 0 aromatic heterocycles. The summed E-state index contributed by atoms with van der Waals surface area (Å²) in [5.41, 5.74) is 0.442. The van der Waals surface area contributed by atoms with Crippen molar-refractivity contribution in [3.8, 4) is 11.8 Å². The first kappa shape index (κ1) is 16.0. The molecular weight excluding hydrogens is 252 g/mol. The fourth-order valence-electron chi connectivity index (χ4n) is 1.78. The van der Waals surface area contributed by atoms with E-state index in [9.17, 15) is 4.79 Å². The lowest BCUT2D eigenvalue weighted by atomic mass is 10.1. The first-order chi connectivity index (χ1) is 9.63.